The maximum absolute atomic E-state index is 11.8. The van der Waals surface area contributed by atoms with Gasteiger partial charge in [-0.25, -0.2) is 0 Å². The van der Waals surface area contributed by atoms with Gasteiger partial charge in [0.1, 0.15) is 0 Å². The molecule has 0 saturated carbocycles. The fourth-order valence-electron chi connectivity index (χ4n) is 1.87. The molecule has 0 bridgehead atoms. The van der Waals surface area contributed by atoms with E-state index in [1.165, 1.54) is 0 Å². The normalized spacial score (nSPS) is 21.4. The maximum Gasteiger partial charge on any atom is 0.234 e. The minimum absolute atomic E-state index is 0.162. The van der Waals surface area contributed by atoms with E-state index in [0.717, 1.165) is 32.6 Å². The Kier molecular flexibility index (Phi) is 5.77. The molecule has 1 fully saturated rings. The minimum atomic E-state index is 0.162. The quantitative estimate of drug-likeness (QED) is 0.716. The third-order valence-corrected chi connectivity index (χ3v) is 3.46. The molecule has 2 atom stereocenters. The Morgan fingerprint density at radius 2 is 2.00 bits per heavy atom. The lowest BCUT2D eigenvalue weighted by Crippen LogP contribution is -2.49. The van der Waals surface area contributed by atoms with E-state index in [9.17, 15) is 4.79 Å². The van der Waals surface area contributed by atoms with Crippen LogP contribution in [0.3, 0.4) is 0 Å². The van der Waals surface area contributed by atoms with Crippen molar-refractivity contribution in [2.45, 2.75) is 33.2 Å². The Morgan fingerprint density at radius 3 is 2.56 bits per heavy atom. The molecular formula is C12H25N3O. The lowest BCUT2D eigenvalue weighted by molar-refractivity contribution is -0.123. The molecule has 2 unspecified atom stereocenters. The summed E-state index contributed by atoms with van der Waals surface area (Å²) in [5.41, 5.74) is 0. The van der Waals surface area contributed by atoms with E-state index in [2.05, 4.69) is 36.3 Å². The Labute approximate surface area is 98.8 Å². The largest absolute Gasteiger partial charge is 0.352 e. The zero-order valence-corrected chi connectivity index (χ0v) is 10.8. The third-order valence-electron chi connectivity index (χ3n) is 3.46. The number of nitrogens with one attached hydrogen (secondary N) is 2. The van der Waals surface area contributed by atoms with Gasteiger partial charge in [-0.3, -0.25) is 9.69 Å². The van der Waals surface area contributed by atoms with E-state index >= 15 is 0 Å². The lowest BCUT2D eigenvalue weighted by Gasteiger charge is -2.28. The molecule has 1 saturated heterocycles. The smallest absolute Gasteiger partial charge is 0.234 e. The van der Waals surface area contributed by atoms with Crippen molar-refractivity contribution in [2.24, 2.45) is 5.92 Å². The first-order valence-corrected chi connectivity index (χ1v) is 6.36. The van der Waals surface area contributed by atoms with Crippen LogP contribution in [0.1, 0.15) is 27.2 Å². The van der Waals surface area contributed by atoms with Crippen molar-refractivity contribution < 1.29 is 4.79 Å². The molecule has 0 aliphatic carbocycles. The van der Waals surface area contributed by atoms with Crippen LogP contribution >= 0.6 is 0 Å². The molecule has 1 rings (SSSR count). The van der Waals surface area contributed by atoms with Crippen LogP contribution in [0.5, 0.6) is 0 Å². The molecule has 1 aliphatic rings. The number of hydrogen-bond acceptors (Lipinski definition) is 3. The van der Waals surface area contributed by atoms with Gasteiger partial charge in [0.25, 0.3) is 0 Å². The molecular weight excluding hydrogens is 202 g/mol. The van der Waals surface area contributed by atoms with Gasteiger partial charge in [0.15, 0.2) is 0 Å². The Hall–Kier alpha value is -0.610. The highest BCUT2D eigenvalue weighted by Crippen LogP contribution is 2.06. The topological polar surface area (TPSA) is 44.4 Å². The number of hydrogen-bond donors (Lipinski definition) is 2. The monoisotopic (exact) mass is 227 g/mol. The van der Waals surface area contributed by atoms with Crippen LogP contribution in [0.25, 0.3) is 0 Å². The highest BCUT2D eigenvalue weighted by molar-refractivity contribution is 5.78. The van der Waals surface area contributed by atoms with Crippen LogP contribution in [0.2, 0.25) is 0 Å². The van der Waals surface area contributed by atoms with Gasteiger partial charge in [-0.15, -0.1) is 0 Å². The van der Waals surface area contributed by atoms with Crippen LogP contribution < -0.4 is 10.6 Å². The van der Waals surface area contributed by atoms with E-state index in [4.69, 9.17) is 0 Å². The molecule has 0 aromatic heterocycles. The van der Waals surface area contributed by atoms with E-state index in [1.807, 2.05) is 0 Å². The number of amides is 1. The summed E-state index contributed by atoms with van der Waals surface area (Å²) in [5.74, 6) is 0.710. The highest BCUT2D eigenvalue weighted by Gasteiger charge is 2.16. The second kappa shape index (κ2) is 6.86. The standard InChI is InChI=1S/C12H25N3O/c1-4-10(2)11(3)14-12(16)9-15-7-5-13-6-8-15/h10-11,13H,4-9H2,1-3H3,(H,14,16). The Bertz CT molecular complexity index is 208. The van der Waals surface area contributed by atoms with Crippen molar-refractivity contribution >= 4 is 5.91 Å². The van der Waals surface area contributed by atoms with Gasteiger partial charge >= 0.3 is 0 Å². The summed E-state index contributed by atoms with van der Waals surface area (Å²) in [7, 11) is 0. The third kappa shape index (κ3) is 4.49. The molecule has 1 aliphatic heterocycles. The van der Waals surface area contributed by atoms with Gasteiger partial charge < -0.3 is 10.6 Å². The number of nitrogens with zero attached hydrogens (tertiary/aromatic N) is 1. The van der Waals surface area contributed by atoms with E-state index < -0.39 is 0 Å². The minimum Gasteiger partial charge on any atom is -0.352 e. The first kappa shape index (κ1) is 13.5. The number of carbonyl (C=O) groups excluding carboxylic acids is 1. The molecule has 16 heavy (non-hydrogen) atoms. The second-order valence-electron chi connectivity index (χ2n) is 4.77. The molecule has 0 radical (unpaired) electrons. The van der Waals surface area contributed by atoms with Crippen LogP contribution in [0.4, 0.5) is 0 Å². The first-order chi connectivity index (χ1) is 7.63. The van der Waals surface area contributed by atoms with Gasteiger partial charge in [0.05, 0.1) is 6.54 Å². The fraction of sp³-hybridized carbons (Fsp3) is 0.917. The predicted molar refractivity (Wildman–Crippen MR) is 66.4 cm³/mol. The number of piperazine rings is 1. The summed E-state index contributed by atoms with van der Waals surface area (Å²) in [6.07, 6.45) is 1.11. The van der Waals surface area contributed by atoms with Crippen molar-refractivity contribution in [3.63, 3.8) is 0 Å². The zero-order chi connectivity index (χ0) is 12.0. The zero-order valence-electron chi connectivity index (χ0n) is 10.8. The predicted octanol–water partition coefficient (Wildman–Crippen LogP) is 0.442. The molecule has 0 aromatic carbocycles. The van der Waals surface area contributed by atoms with Crippen LogP contribution in [0.15, 0.2) is 0 Å². The van der Waals surface area contributed by atoms with Crippen molar-refractivity contribution in [2.75, 3.05) is 32.7 Å². The summed E-state index contributed by atoms with van der Waals surface area (Å²) in [6.45, 7) is 10.9. The van der Waals surface area contributed by atoms with E-state index in [-0.39, 0.29) is 11.9 Å². The molecule has 4 nitrogen and oxygen atoms in total. The van der Waals surface area contributed by atoms with Gasteiger partial charge in [-0.05, 0) is 12.8 Å². The molecule has 94 valence electrons. The average Bonchev–Trinajstić information content (AvgIpc) is 2.29. The van der Waals surface area contributed by atoms with Gasteiger partial charge in [-0.1, -0.05) is 20.3 Å². The van der Waals surface area contributed by atoms with Crippen LogP contribution in [-0.2, 0) is 4.79 Å². The Balaban J connectivity index is 2.23. The molecule has 1 amide bonds. The summed E-state index contributed by atoms with van der Waals surface area (Å²) < 4.78 is 0. The average molecular weight is 227 g/mol. The lowest BCUT2D eigenvalue weighted by atomic mass is 10.0. The number of carbonyl (C=O) groups is 1. The second-order valence-corrected chi connectivity index (χ2v) is 4.77. The fourth-order valence-corrected chi connectivity index (χ4v) is 1.87. The summed E-state index contributed by atoms with van der Waals surface area (Å²) in [6, 6.07) is 0.278. The summed E-state index contributed by atoms with van der Waals surface area (Å²) in [5, 5.41) is 6.36. The van der Waals surface area contributed by atoms with Crippen molar-refractivity contribution in [3.05, 3.63) is 0 Å². The van der Waals surface area contributed by atoms with Gasteiger partial charge in [0, 0.05) is 32.2 Å². The van der Waals surface area contributed by atoms with Crippen LogP contribution in [-0.4, -0.2) is 49.6 Å². The number of rotatable bonds is 5. The van der Waals surface area contributed by atoms with Crippen molar-refractivity contribution in [3.8, 4) is 0 Å². The van der Waals surface area contributed by atoms with E-state index in [0.29, 0.717) is 12.5 Å². The molecule has 0 spiro atoms. The molecule has 4 heteroatoms. The Morgan fingerprint density at radius 1 is 1.38 bits per heavy atom. The summed E-state index contributed by atoms with van der Waals surface area (Å²) >= 11 is 0. The maximum atomic E-state index is 11.8. The van der Waals surface area contributed by atoms with Crippen LogP contribution in [0, 0.1) is 5.92 Å². The van der Waals surface area contributed by atoms with E-state index in [1.54, 1.807) is 0 Å². The molecule has 1 heterocycles. The SMILES string of the molecule is CCC(C)C(C)NC(=O)CN1CCNCC1. The van der Waals surface area contributed by atoms with Gasteiger partial charge in [0.2, 0.25) is 5.91 Å². The molecule has 2 N–H and O–H groups in total. The van der Waals surface area contributed by atoms with Crippen molar-refractivity contribution in [1.29, 1.82) is 0 Å². The molecule has 0 aromatic rings. The van der Waals surface area contributed by atoms with Gasteiger partial charge in [-0.2, -0.15) is 0 Å². The summed E-state index contributed by atoms with van der Waals surface area (Å²) in [4.78, 5) is 14.0. The highest BCUT2D eigenvalue weighted by atomic mass is 16.2. The first-order valence-electron chi connectivity index (χ1n) is 6.36. The van der Waals surface area contributed by atoms with Crippen molar-refractivity contribution in [1.82, 2.24) is 15.5 Å².